The minimum absolute atomic E-state index is 0.0245. The molecule has 1 aromatic rings. The molecule has 0 saturated carbocycles. The summed E-state index contributed by atoms with van der Waals surface area (Å²) in [7, 11) is 0. The van der Waals surface area contributed by atoms with E-state index in [1.54, 1.807) is 18.2 Å². The third kappa shape index (κ3) is 3.89. The predicted octanol–water partition coefficient (Wildman–Crippen LogP) is 2.31. The van der Waals surface area contributed by atoms with Crippen LogP contribution in [0.4, 0.5) is 14.5 Å². The smallest absolute Gasteiger partial charge is 0.255 e. The molecule has 2 amide bonds. The molecular formula is C18H22F2N2O4. The second kappa shape index (κ2) is 7.88. The minimum atomic E-state index is -2.59. The molecule has 6 nitrogen and oxygen atoms in total. The van der Waals surface area contributed by atoms with Gasteiger partial charge in [0.25, 0.3) is 6.43 Å². The van der Waals surface area contributed by atoms with Crippen molar-refractivity contribution >= 4 is 17.5 Å². The van der Waals surface area contributed by atoms with Crippen molar-refractivity contribution in [2.24, 2.45) is 5.92 Å². The number of nitrogens with zero attached hydrogens (tertiary/aromatic N) is 2. The van der Waals surface area contributed by atoms with Crippen LogP contribution < -0.4 is 14.4 Å². The van der Waals surface area contributed by atoms with Gasteiger partial charge in [-0.25, -0.2) is 8.78 Å². The lowest BCUT2D eigenvalue weighted by Crippen LogP contribution is -2.40. The Kier molecular flexibility index (Phi) is 5.58. The number of amides is 2. The Hall–Kier alpha value is -2.38. The number of benzene rings is 1. The van der Waals surface area contributed by atoms with Gasteiger partial charge in [0.2, 0.25) is 11.8 Å². The maximum absolute atomic E-state index is 12.7. The van der Waals surface area contributed by atoms with Crippen LogP contribution in [0.5, 0.6) is 11.5 Å². The number of carbonyl (C=O) groups excluding carboxylic acids is 2. The molecule has 1 fully saturated rings. The van der Waals surface area contributed by atoms with Crippen LogP contribution in [0.3, 0.4) is 0 Å². The van der Waals surface area contributed by atoms with Crippen LogP contribution in [-0.4, -0.2) is 56.0 Å². The maximum atomic E-state index is 12.7. The molecule has 1 atom stereocenters. The highest BCUT2D eigenvalue weighted by atomic mass is 19.3. The summed E-state index contributed by atoms with van der Waals surface area (Å²) in [6.07, 6.45) is -1.97. The molecule has 0 aromatic heterocycles. The lowest BCUT2D eigenvalue weighted by Gasteiger charge is -2.25. The molecule has 8 heteroatoms. The topological polar surface area (TPSA) is 59.1 Å². The fourth-order valence-corrected chi connectivity index (χ4v) is 3.31. The molecule has 2 aliphatic rings. The van der Waals surface area contributed by atoms with E-state index < -0.39 is 18.9 Å². The summed E-state index contributed by atoms with van der Waals surface area (Å²) >= 11 is 0. The Labute approximate surface area is 150 Å². The van der Waals surface area contributed by atoms with E-state index in [-0.39, 0.29) is 31.3 Å². The fourth-order valence-electron chi connectivity index (χ4n) is 3.31. The first-order chi connectivity index (χ1) is 12.5. The Morgan fingerprint density at radius 1 is 1.31 bits per heavy atom. The van der Waals surface area contributed by atoms with E-state index in [2.05, 4.69) is 0 Å². The maximum Gasteiger partial charge on any atom is 0.255 e. The van der Waals surface area contributed by atoms with Gasteiger partial charge < -0.3 is 19.3 Å². The average Bonchev–Trinajstić information content (AvgIpc) is 3.01. The monoisotopic (exact) mass is 368 g/mol. The third-order valence-corrected chi connectivity index (χ3v) is 4.48. The summed E-state index contributed by atoms with van der Waals surface area (Å²) in [5.74, 6) is -0.0259. The molecule has 142 valence electrons. The van der Waals surface area contributed by atoms with E-state index in [9.17, 15) is 18.4 Å². The van der Waals surface area contributed by atoms with Crippen molar-refractivity contribution in [3.05, 3.63) is 18.2 Å². The molecule has 1 aromatic carbocycles. The van der Waals surface area contributed by atoms with Gasteiger partial charge >= 0.3 is 0 Å². The second-order valence-corrected chi connectivity index (χ2v) is 6.41. The van der Waals surface area contributed by atoms with Crippen molar-refractivity contribution in [1.29, 1.82) is 0 Å². The van der Waals surface area contributed by atoms with Crippen molar-refractivity contribution in [2.45, 2.75) is 26.2 Å². The number of halogens is 2. The van der Waals surface area contributed by atoms with Crippen LogP contribution in [0.1, 0.15) is 19.8 Å². The number of rotatable bonds is 6. The summed E-state index contributed by atoms with van der Waals surface area (Å²) in [5.41, 5.74) is 0.616. The van der Waals surface area contributed by atoms with Crippen LogP contribution >= 0.6 is 0 Å². The molecular weight excluding hydrogens is 346 g/mol. The largest absolute Gasteiger partial charge is 0.486 e. The summed E-state index contributed by atoms with van der Waals surface area (Å²) in [4.78, 5) is 27.7. The number of anilines is 1. The predicted molar refractivity (Wildman–Crippen MR) is 90.8 cm³/mol. The number of hydrogen-bond donors (Lipinski definition) is 0. The molecule has 0 radical (unpaired) electrons. The molecule has 1 saturated heterocycles. The number of alkyl halides is 2. The van der Waals surface area contributed by atoms with Crippen molar-refractivity contribution in [3.63, 3.8) is 0 Å². The van der Waals surface area contributed by atoms with E-state index in [1.807, 2.05) is 6.92 Å². The van der Waals surface area contributed by atoms with E-state index >= 15 is 0 Å². The van der Waals surface area contributed by atoms with Crippen LogP contribution in [0, 0.1) is 5.92 Å². The first-order valence-corrected chi connectivity index (χ1v) is 8.76. The lowest BCUT2D eigenvalue weighted by molar-refractivity contribution is -0.137. The minimum Gasteiger partial charge on any atom is -0.486 e. The van der Waals surface area contributed by atoms with E-state index in [0.29, 0.717) is 36.8 Å². The van der Waals surface area contributed by atoms with Crippen molar-refractivity contribution in [2.75, 3.05) is 37.7 Å². The Balaban J connectivity index is 1.72. The molecule has 0 aliphatic carbocycles. The zero-order valence-electron chi connectivity index (χ0n) is 14.6. The first-order valence-electron chi connectivity index (χ1n) is 8.76. The first kappa shape index (κ1) is 18.4. The van der Waals surface area contributed by atoms with Gasteiger partial charge in [0.1, 0.15) is 13.2 Å². The lowest BCUT2D eigenvalue weighted by atomic mass is 10.1. The van der Waals surface area contributed by atoms with Crippen molar-refractivity contribution in [3.8, 4) is 11.5 Å². The average molecular weight is 368 g/mol. The van der Waals surface area contributed by atoms with E-state index in [4.69, 9.17) is 9.47 Å². The Morgan fingerprint density at radius 3 is 2.73 bits per heavy atom. The van der Waals surface area contributed by atoms with Gasteiger partial charge in [-0.15, -0.1) is 0 Å². The molecule has 1 unspecified atom stereocenters. The van der Waals surface area contributed by atoms with Gasteiger partial charge in [-0.2, -0.15) is 0 Å². The Morgan fingerprint density at radius 2 is 2.04 bits per heavy atom. The molecule has 0 N–H and O–H groups in total. The van der Waals surface area contributed by atoms with Crippen LogP contribution in [0.25, 0.3) is 0 Å². The standard InChI is InChI=1S/C18H22F2N2O4/c1-2-5-21(11-16(19)20)18(24)12-8-17(23)22(10-12)13-3-4-14-15(9-13)26-7-6-25-14/h3-4,9,12,16H,2,5-8,10-11H2,1H3. The van der Waals surface area contributed by atoms with Gasteiger partial charge in [0, 0.05) is 31.3 Å². The summed E-state index contributed by atoms with van der Waals surface area (Å²) in [5, 5.41) is 0. The normalized spacial score (nSPS) is 19.2. The van der Waals surface area contributed by atoms with Crippen molar-refractivity contribution in [1.82, 2.24) is 4.90 Å². The summed E-state index contributed by atoms with van der Waals surface area (Å²) < 4.78 is 36.5. The fraction of sp³-hybridized carbons (Fsp3) is 0.556. The molecule has 0 bridgehead atoms. The molecule has 2 aliphatic heterocycles. The van der Waals surface area contributed by atoms with Gasteiger partial charge in [-0.05, 0) is 18.6 Å². The van der Waals surface area contributed by atoms with Crippen molar-refractivity contribution < 1.29 is 27.8 Å². The molecule has 26 heavy (non-hydrogen) atoms. The van der Waals surface area contributed by atoms with Gasteiger partial charge in [-0.3, -0.25) is 9.59 Å². The summed E-state index contributed by atoms with van der Waals surface area (Å²) in [6, 6.07) is 5.18. The molecule has 2 heterocycles. The molecule has 0 spiro atoms. The highest BCUT2D eigenvalue weighted by Crippen LogP contribution is 2.36. The van der Waals surface area contributed by atoms with Gasteiger partial charge in [-0.1, -0.05) is 6.92 Å². The summed E-state index contributed by atoms with van der Waals surface area (Å²) in [6.45, 7) is 2.58. The van der Waals surface area contributed by atoms with Crippen LogP contribution in [0.15, 0.2) is 18.2 Å². The van der Waals surface area contributed by atoms with E-state index in [0.717, 1.165) is 4.90 Å². The zero-order valence-corrected chi connectivity index (χ0v) is 14.6. The molecule has 3 rings (SSSR count). The van der Waals surface area contributed by atoms with Gasteiger partial charge in [0.05, 0.1) is 12.5 Å². The van der Waals surface area contributed by atoms with Crippen LogP contribution in [-0.2, 0) is 9.59 Å². The van der Waals surface area contributed by atoms with Crippen LogP contribution in [0.2, 0.25) is 0 Å². The number of hydrogen-bond acceptors (Lipinski definition) is 4. The number of ether oxygens (including phenoxy) is 2. The third-order valence-electron chi connectivity index (χ3n) is 4.48. The van der Waals surface area contributed by atoms with E-state index in [1.165, 1.54) is 4.90 Å². The highest BCUT2D eigenvalue weighted by molar-refractivity contribution is 6.00. The number of carbonyl (C=O) groups is 2. The SMILES string of the molecule is CCCN(CC(F)F)C(=O)C1CC(=O)N(c2ccc3c(c2)OCCO3)C1. The Bertz CT molecular complexity index is 683. The second-order valence-electron chi connectivity index (χ2n) is 6.41. The quantitative estimate of drug-likeness (QED) is 0.773. The number of fused-ring (bicyclic) bond motifs is 1. The van der Waals surface area contributed by atoms with Gasteiger partial charge in [0.15, 0.2) is 11.5 Å². The highest BCUT2D eigenvalue weighted by Gasteiger charge is 2.38. The zero-order chi connectivity index (χ0) is 18.7.